The molecule has 0 spiro atoms. The lowest BCUT2D eigenvalue weighted by Gasteiger charge is -2.02. The van der Waals surface area contributed by atoms with Crippen molar-refractivity contribution in [3.8, 4) is 0 Å². The number of aryl methyl sites for hydroxylation is 1. The van der Waals surface area contributed by atoms with E-state index in [1.54, 1.807) is 31.3 Å². The first-order valence-electron chi connectivity index (χ1n) is 5.98. The first kappa shape index (κ1) is 13.6. The van der Waals surface area contributed by atoms with Crippen molar-refractivity contribution in [1.29, 1.82) is 0 Å². The molecule has 0 aliphatic carbocycles. The van der Waals surface area contributed by atoms with E-state index in [0.717, 1.165) is 16.5 Å². The van der Waals surface area contributed by atoms with Crippen LogP contribution >= 0.6 is 0 Å². The van der Waals surface area contributed by atoms with Crippen molar-refractivity contribution in [3.63, 3.8) is 0 Å². The summed E-state index contributed by atoms with van der Waals surface area (Å²) in [6, 6.07) is 4.89. The van der Waals surface area contributed by atoms with Crippen molar-refractivity contribution < 1.29 is 18.3 Å². The lowest BCUT2D eigenvalue weighted by Crippen LogP contribution is -2.03. The summed E-state index contributed by atoms with van der Waals surface area (Å²) in [5, 5.41) is 9.47. The summed E-state index contributed by atoms with van der Waals surface area (Å²) in [6.07, 6.45) is 2.14. The third-order valence-electron chi connectivity index (χ3n) is 3.09. The quantitative estimate of drug-likeness (QED) is 0.877. The zero-order valence-electron chi connectivity index (χ0n) is 10.5. The summed E-state index contributed by atoms with van der Waals surface area (Å²) < 4.78 is 23.7. The summed E-state index contributed by atoms with van der Waals surface area (Å²) in [5.74, 6) is -0.820. The van der Waals surface area contributed by atoms with Crippen LogP contribution in [-0.2, 0) is 21.1 Å². The van der Waals surface area contributed by atoms with Crippen molar-refractivity contribution in [3.05, 3.63) is 30.0 Å². The van der Waals surface area contributed by atoms with Gasteiger partial charge in [-0.25, -0.2) is 8.42 Å². The fourth-order valence-corrected chi connectivity index (χ4v) is 2.87. The number of nitrogens with one attached hydrogen (secondary N) is 1. The van der Waals surface area contributed by atoms with E-state index in [-0.39, 0.29) is 17.1 Å². The number of hydrogen-bond acceptors (Lipinski definition) is 3. The Bertz CT molecular complexity index is 715. The minimum absolute atomic E-state index is 0.0255. The predicted molar refractivity (Wildman–Crippen MR) is 72.0 cm³/mol. The average molecular weight is 281 g/mol. The number of rotatable bonds is 5. The monoisotopic (exact) mass is 281 g/mol. The molecule has 0 saturated heterocycles. The van der Waals surface area contributed by atoms with Gasteiger partial charge in [-0.3, -0.25) is 4.79 Å². The highest BCUT2D eigenvalue weighted by Gasteiger charge is 2.14. The van der Waals surface area contributed by atoms with Crippen LogP contribution in [0.4, 0.5) is 0 Å². The summed E-state index contributed by atoms with van der Waals surface area (Å²) in [7, 11) is -3.25. The molecule has 2 aromatic rings. The Morgan fingerprint density at radius 3 is 2.74 bits per heavy atom. The van der Waals surface area contributed by atoms with Crippen molar-refractivity contribution in [2.24, 2.45) is 0 Å². The van der Waals surface area contributed by atoms with Crippen molar-refractivity contribution in [1.82, 2.24) is 4.98 Å². The van der Waals surface area contributed by atoms with Gasteiger partial charge in [0.15, 0.2) is 9.84 Å². The van der Waals surface area contributed by atoms with Crippen LogP contribution in [0.5, 0.6) is 0 Å². The fraction of sp³-hybridized carbons (Fsp3) is 0.308. The van der Waals surface area contributed by atoms with Crippen LogP contribution in [0.1, 0.15) is 18.9 Å². The van der Waals surface area contributed by atoms with Crippen LogP contribution in [0.3, 0.4) is 0 Å². The molecule has 0 bridgehead atoms. The number of carboxylic acid groups (broad SMARTS) is 1. The topological polar surface area (TPSA) is 87.2 Å². The second-order valence-electron chi connectivity index (χ2n) is 4.32. The molecule has 2 rings (SSSR count). The number of benzene rings is 1. The van der Waals surface area contributed by atoms with E-state index in [9.17, 15) is 13.2 Å². The molecular weight excluding hydrogens is 266 g/mol. The number of carbonyl (C=O) groups is 1. The molecule has 0 saturated carbocycles. The highest BCUT2D eigenvalue weighted by Crippen LogP contribution is 2.23. The molecule has 102 valence electrons. The van der Waals surface area contributed by atoms with Crippen LogP contribution in [0.15, 0.2) is 29.3 Å². The zero-order valence-corrected chi connectivity index (χ0v) is 11.3. The van der Waals surface area contributed by atoms with Gasteiger partial charge in [-0.2, -0.15) is 0 Å². The van der Waals surface area contributed by atoms with Crippen LogP contribution < -0.4 is 0 Å². The highest BCUT2D eigenvalue weighted by molar-refractivity contribution is 7.91. The van der Waals surface area contributed by atoms with E-state index < -0.39 is 15.8 Å². The maximum atomic E-state index is 11.8. The highest BCUT2D eigenvalue weighted by atomic mass is 32.2. The van der Waals surface area contributed by atoms with Crippen LogP contribution in [0, 0.1) is 0 Å². The van der Waals surface area contributed by atoms with Gasteiger partial charge >= 0.3 is 5.97 Å². The van der Waals surface area contributed by atoms with Crippen LogP contribution in [0.25, 0.3) is 10.9 Å². The van der Waals surface area contributed by atoms with E-state index in [4.69, 9.17) is 5.11 Å². The summed E-state index contributed by atoms with van der Waals surface area (Å²) in [5.41, 5.74) is 1.64. The first-order chi connectivity index (χ1) is 8.94. The number of hydrogen-bond donors (Lipinski definition) is 2. The third kappa shape index (κ3) is 2.78. The number of aliphatic carboxylic acids is 1. The average Bonchev–Trinajstić information content (AvgIpc) is 2.78. The normalized spacial score (nSPS) is 11.8. The molecule has 1 aromatic heterocycles. The van der Waals surface area contributed by atoms with Gasteiger partial charge in [0.1, 0.15) is 0 Å². The van der Waals surface area contributed by atoms with Crippen molar-refractivity contribution in [2.75, 3.05) is 5.75 Å². The van der Waals surface area contributed by atoms with Gasteiger partial charge in [0, 0.05) is 23.5 Å². The van der Waals surface area contributed by atoms with Crippen LogP contribution in [-0.4, -0.2) is 30.2 Å². The Balaban J connectivity index is 2.46. The van der Waals surface area contributed by atoms with Crippen LogP contribution in [0.2, 0.25) is 0 Å². The van der Waals surface area contributed by atoms with Gasteiger partial charge in [0.2, 0.25) is 0 Å². The summed E-state index contributed by atoms with van der Waals surface area (Å²) >= 11 is 0. The molecule has 1 heterocycles. The van der Waals surface area contributed by atoms with Gasteiger partial charge < -0.3 is 10.1 Å². The summed E-state index contributed by atoms with van der Waals surface area (Å²) in [6.45, 7) is 1.60. The molecule has 19 heavy (non-hydrogen) atoms. The zero-order chi connectivity index (χ0) is 14.0. The van der Waals surface area contributed by atoms with Gasteiger partial charge in [-0.05, 0) is 30.2 Å². The maximum absolute atomic E-state index is 11.8. The Morgan fingerprint density at radius 1 is 1.37 bits per heavy atom. The second kappa shape index (κ2) is 5.05. The largest absolute Gasteiger partial charge is 0.481 e. The Labute approximate surface area is 111 Å². The first-order valence-corrected chi connectivity index (χ1v) is 7.64. The van der Waals surface area contributed by atoms with Crippen molar-refractivity contribution in [2.45, 2.75) is 24.7 Å². The standard InChI is InChI=1S/C13H15NO4S/c1-2-19(17,18)10-4-5-12-11(7-10)9(8-14-12)3-6-13(15)16/h4-5,7-8,14H,2-3,6H2,1H3,(H,15,16). The van der Waals surface area contributed by atoms with E-state index >= 15 is 0 Å². The molecule has 0 unspecified atom stereocenters. The van der Waals surface area contributed by atoms with E-state index in [1.807, 2.05) is 0 Å². The second-order valence-corrected chi connectivity index (χ2v) is 6.60. The molecule has 0 radical (unpaired) electrons. The Hall–Kier alpha value is -1.82. The van der Waals surface area contributed by atoms with Gasteiger partial charge in [-0.15, -0.1) is 0 Å². The molecular formula is C13H15NO4S. The number of aromatic amines is 1. The summed E-state index contributed by atoms with van der Waals surface area (Å²) in [4.78, 5) is 13.9. The number of aromatic nitrogens is 1. The van der Waals surface area contributed by atoms with E-state index in [2.05, 4.69) is 4.98 Å². The molecule has 0 atom stereocenters. The number of H-pyrrole nitrogens is 1. The Morgan fingerprint density at radius 2 is 2.11 bits per heavy atom. The van der Waals surface area contributed by atoms with E-state index in [1.165, 1.54) is 0 Å². The molecule has 0 amide bonds. The lowest BCUT2D eigenvalue weighted by atomic mass is 10.1. The molecule has 1 aromatic carbocycles. The number of fused-ring (bicyclic) bond motifs is 1. The van der Waals surface area contributed by atoms with Gasteiger partial charge in [0.25, 0.3) is 0 Å². The van der Waals surface area contributed by atoms with E-state index in [0.29, 0.717) is 6.42 Å². The molecule has 0 aliphatic heterocycles. The minimum Gasteiger partial charge on any atom is -0.481 e. The lowest BCUT2D eigenvalue weighted by molar-refractivity contribution is -0.136. The number of sulfone groups is 1. The molecule has 6 heteroatoms. The minimum atomic E-state index is -3.25. The van der Waals surface area contributed by atoms with Gasteiger partial charge in [-0.1, -0.05) is 6.92 Å². The number of carboxylic acids is 1. The SMILES string of the molecule is CCS(=O)(=O)c1ccc2[nH]cc(CCC(=O)O)c2c1. The maximum Gasteiger partial charge on any atom is 0.303 e. The predicted octanol–water partition coefficient (Wildman–Crippen LogP) is 1.98. The fourth-order valence-electron chi connectivity index (χ4n) is 1.97. The van der Waals surface area contributed by atoms with Crippen molar-refractivity contribution >= 4 is 26.7 Å². The third-order valence-corrected chi connectivity index (χ3v) is 4.82. The molecule has 0 aliphatic rings. The molecule has 5 nitrogen and oxygen atoms in total. The Kier molecular flexibility index (Phi) is 3.61. The van der Waals surface area contributed by atoms with Gasteiger partial charge in [0.05, 0.1) is 10.6 Å². The molecule has 0 fully saturated rings. The smallest absolute Gasteiger partial charge is 0.303 e. The molecule has 2 N–H and O–H groups in total.